The van der Waals surface area contributed by atoms with Crippen LogP contribution < -0.4 is 9.47 Å². The van der Waals surface area contributed by atoms with Crippen LogP contribution in [0, 0.1) is 10.1 Å². The van der Waals surface area contributed by atoms with Gasteiger partial charge in [-0.05, 0) is 29.8 Å². The third kappa shape index (κ3) is 4.42. The molecular formula is C19H12Cl2N2O7. The van der Waals surface area contributed by atoms with Gasteiger partial charge >= 0.3 is 11.9 Å². The highest BCUT2D eigenvalue weighted by Gasteiger charge is 2.27. The first-order valence-corrected chi connectivity index (χ1v) is 8.98. The summed E-state index contributed by atoms with van der Waals surface area (Å²) in [7, 11) is 1.37. The Labute approximate surface area is 179 Å². The van der Waals surface area contributed by atoms with Gasteiger partial charge in [-0.25, -0.2) is 9.79 Å². The molecule has 0 fully saturated rings. The molecule has 0 spiro atoms. The second-order valence-corrected chi connectivity index (χ2v) is 6.70. The van der Waals surface area contributed by atoms with Gasteiger partial charge in [0, 0.05) is 19.1 Å². The van der Waals surface area contributed by atoms with Gasteiger partial charge in [0.05, 0.1) is 27.6 Å². The number of halogens is 2. The van der Waals surface area contributed by atoms with Gasteiger partial charge in [0.1, 0.15) is 0 Å². The Balaban J connectivity index is 1.97. The lowest BCUT2D eigenvalue weighted by Gasteiger charge is -2.10. The van der Waals surface area contributed by atoms with Crippen molar-refractivity contribution in [1.29, 1.82) is 0 Å². The van der Waals surface area contributed by atoms with Crippen molar-refractivity contribution < 1.29 is 28.7 Å². The van der Waals surface area contributed by atoms with Gasteiger partial charge in [0.15, 0.2) is 17.2 Å². The minimum atomic E-state index is -0.751. The van der Waals surface area contributed by atoms with E-state index in [-0.39, 0.29) is 44.4 Å². The van der Waals surface area contributed by atoms with Crippen molar-refractivity contribution in [2.45, 2.75) is 6.92 Å². The van der Waals surface area contributed by atoms with E-state index < -0.39 is 16.9 Å². The molecule has 0 saturated carbocycles. The molecule has 0 unspecified atom stereocenters. The van der Waals surface area contributed by atoms with E-state index in [1.54, 1.807) is 0 Å². The molecule has 154 valence electrons. The zero-order chi connectivity index (χ0) is 22.0. The normalized spacial score (nSPS) is 14.3. The van der Waals surface area contributed by atoms with Crippen LogP contribution in [0.15, 0.2) is 41.0 Å². The van der Waals surface area contributed by atoms with Gasteiger partial charge in [-0.2, -0.15) is 0 Å². The van der Waals surface area contributed by atoms with Crippen LogP contribution >= 0.6 is 23.2 Å². The number of nitrogens with zero attached hydrogens (tertiary/aromatic N) is 2. The van der Waals surface area contributed by atoms with Crippen LogP contribution in [0.25, 0.3) is 6.08 Å². The predicted molar refractivity (Wildman–Crippen MR) is 108 cm³/mol. The third-order valence-corrected chi connectivity index (χ3v) is 4.41. The number of cyclic esters (lactones) is 1. The first-order chi connectivity index (χ1) is 14.2. The summed E-state index contributed by atoms with van der Waals surface area (Å²) in [6.45, 7) is 1.22. The van der Waals surface area contributed by atoms with E-state index >= 15 is 0 Å². The van der Waals surface area contributed by atoms with Gasteiger partial charge in [-0.15, -0.1) is 0 Å². The molecule has 0 saturated heterocycles. The quantitative estimate of drug-likeness (QED) is 0.220. The maximum atomic E-state index is 12.2. The standard InChI is InChI=1S/C19H12Cl2N2O7/c1-9(24)29-17-14(21)5-10(7-16(17)28-2)6-15-19(25)30-18(22-15)12-4-3-11(23(26)27)8-13(12)20/h3-8H,1-2H3. The fraction of sp³-hybridized carbons (Fsp3) is 0.105. The van der Waals surface area contributed by atoms with Crippen LogP contribution in [0.2, 0.25) is 10.0 Å². The first kappa shape index (κ1) is 21.3. The van der Waals surface area contributed by atoms with Crippen molar-refractivity contribution in [3.63, 3.8) is 0 Å². The summed E-state index contributed by atoms with van der Waals surface area (Å²) < 4.78 is 15.3. The number of hydrogen-bond acceptors (Lipinski definition) is 8. The fourth-order valence-electron chi connectivity index (χ4n) is 2.54. The number of carbonyl (C=O) groups is 2. The highest BCUT2D eigenvalue weighted by atomic mass is 35.5. The maximum absolute atomic E-state index is 12.2. The number of nitro benzene ring substituents is 1. The molecule has 1 aliphatic heterocycles. The lowest BCUT2D eigenvalue weighted by molar-refractivity contribution is -0.384. The van der Waals surface area contributed by atoms with E-state index in [1.807, 2.05) is 0 Å². The number of esters is 2. The van der Waals surface area contributed by atoms with E-state index in [0.717, 1.165) is 6.07 Å². The lowest BCUT2D eigenvalue weighted by Crippen LogP contribution is -2.06. The topological polar surface area (TPSA) is 117 Å². The molecule has 0 N–H and O–H groups in total. The smallest absolute Gasteiger partial charge is 0.363 e. The predicted octanol–water partition coefficient (Wildman–Crippen LogP) is 4.18. The number of non-ortho nitro benzene ring substituents is 1. The SMILES string of the molecule is COc1cc(C=C2N=C(c3ccc([N+](=O)[O-])cc3Cl)OC2=O)cc(Cl)c1OC(C)=O. The van der Waals surface area contributed by atoms with Gasteiger partial charge in [-0.3, -0.25) is 14.9 Å². The van der Waals surface area contributed by atoms with Crippen molar-refractivity contribution in [3.8, 4) is 11.5 Å². The number of benzene rings is 2. The molecular weight excluding hydrogens is 439 g/mol. The zero-order valence-electron chi connectivity index (χ0n) is 15.5. The van der Waals surface area contributed by atoms with Crippen LogP contribution in [0.1, 0.15) is 18.1 Å². The Hall–Kier alpha value is -3.43. The van der Waals surface area contributed by atoms with Crippen molar-refractivity contribution in [3.05, 3.63) is 67.3 Å². The van der Waals surface area contributed by atoms with Crippen LogP contribution in [-0.2, 0) is 14.3 Å². The number of rotatable bonds is 5. The van der Waals surface area contributed by atoms with Gasteiger partial charge < -0.3 is 14.2 Å². The molecule has 0 aliphatic carbocycles. The first-order valence-electron chi connectivity index (χ1n) is 8.22. The molecule has 9 nitrogen and oxygen atoms in total. The minimum Gasteiger partial charge on any atom is -0.493 e. The molecule has 3 rings (SSSR count). The molecule has 0 atom stereocenters. The second kappa shape index (κ2) is 8.52. The molecule has 1 aliphatic rings. The van der Waals surface area contributed by atoms with E-state index in [2.05, 4.69) is 4.99 Å². The summed E-state index contributed by atoms with van der Waals surface area (Å²) in [6, 6.07) is 6.64. The highest BCUT2D eigenvalue weighted by Crippen LogP contribution is 2.37. The Morgan fingerprint density at radius 1 is 1.23 bits per heavy atom. The lowest BCUT2D eigenvalue weighted by atomic mass is 10.1. The average Bonchev–Trinajstić information content (AvgIpc) is 3.03. The molecule has 2 aromatic rings. The molecule has 11 heteroatoms. The monoisotopic (exact) mass is 450 g/mol. The Morgan fingerprint density at radius 3 is 2.57 bits per heavy atom. The molecule has 1 heterocycles. The van der Waals surface area contributed by atoms with Gasteiger partial charge in [-0.1, -0.05) is 23.2 Å². The van der Waals surface area contributed by atoms with E-state index in [0.29, 0.717) is 5.56 Å². The average molecular weight is 451 g/mol. The molecule has 0 bridgehead atoms. The molecule has 0 amide bonds. The van der Waals surface area contributed by atoms with Gasteiger partial charge in [0.2, 0.25) is 5.90 Å². The van der Waals surface area contributed by atoms with Crippen LogP contribution in [0.5, 0.6) is 11.5 Å². The van der Waals surface area contributed by atoms with Crippen LogP contribution in [0.4, 0.5) is 5.69 Å². The summed E-state index contributed by atoms with van der Waals surface area (Å²) in [6.07, 6.45) is 1.39. The summed E-state index contributed by atoms with van der Waals surface area (Å²) in [5.74, 6) is -1.20. The van der Waals surface area contributed by atoms with Crippen molar-refractivity contribution in [2.75, 3.05) is 7.11 Å². The van der Waals surface area contributed by atoms with Crippen molar-refractivity contribution in [2.24, 2.45) is 4.99 Å². The maximum Gasteiger partial charge on any atom is 0.363 e. The highest BCUT2D eigenvalue weighted by molar-refractivity contribution is 6.35. The molecule has 0 radical (unpaired) electrons. The number of methoxy groups -OCH3 is 1. The molecule has 0 aromatic heterocycles. The minimum absolute atomic E-state index is 0.00690. The van der Waals surface area contributed by atoms with E-state index in [4.69, 9.17) is 37.4 Å². The van der Waals surface area contributed by atoms with Crippen molar-refractivity contribution in [1.82, 2.24) is 0 Å². The molecule has 30 heavy (non-hydrogen) atoms. The fourth-order valence-corrected chi connectivity index (χ4v) is 3.05. The third-order valence-electron chi connectivity index (χ3n) is 3.82. The number of hydrogen-bond donors (Lipinski definition) is 0. The molecule has 2 aromatic carbocycles. The van der Waals surface area contributed by atoms with Crippen LogP contribution in [-0.4, -0.2) is 29.9 Å². The number of nitro groups is 1. The summed E-state index contributed by atoms with van der Waals surface area (Å²) in [5.41, 5.74) is 0.385. The number of aliphatic imine (C=N–C) groups is 1. The second-order valence-electron chi connectivity index (χ2n) is 5.89. The Morgan fingerprint density at radius 2 is 1.97 bits per heavy atom. The number of ether oxygens (including phenoxy) is 3. The van der Waals surface area contributed by atoms with Crippen molar-refractivity contribution >= 4 is 52.8 Å². The summed E-state index contributed by atoms with van der Waals surface area (Å²) in [5, 5.41) is 10.9. The van der Waals surface area contributed by atoms with E-state index in [9.17, 15) is 19.7 Å². The van der Waals surface area contributed by atoms with E-state index in [1.165, 1.54) is 44.4 Å². The van der Waals surface area contributed by atoms with Gasteiger partial charge in [0.25, 0.3) is 5.69 Å². The Kier molecular flexibility index (Phi) is 6.04. The largest absolute Gasteiger partial charge is 0.493 e. The zero-order valence-corrected chi connectivity index (χ0v) is 17.0. The Bertz CT molecular complexity index is 1140. The van der Waals surface area contributed by atoms with Crippen LogP contribution in [0.3, 0.4) is 0 Å². The summed E-state index contributed by atoms with van der Waals surface area (Å²) >= 11 is 12.2. The number of carbonyl (C=O) groups excluding carboxylic acids is 2. The summed E-state index contributed by atoms with van der Waals surface area (Å²) in [4.78, 5) is 37.8.